The lowest BCUT2D eigenvalue weighted by molar-refractivity contribution is -0.121. The zero-order valence-electron chi connectivity index (χ0n) is 13.6. The van der Waals surface area contributed by atoms with Crippen molar-refractivity contribution in [3.8, 4) is 0 Å². The van der Waals surface area contributed by atoms with Crippen molar-refractivity contribution in [1.29, 1.82) is 0 Å². The molecule has 2 heterocycles. The van der Waals surface area contributed by atoms with Crippen LogP contribution in [0.25, 0.3) is 6.08 Å². The van der Waals surface area contributed by atoms with Gasteiger partial charge >= 0.3 is 0 Å². The molecule has 1 amide bonds. The second-order valence-corrected chi connectivity index (χ2v) is 7.48. The number of benzene rings is 2. The maximum Gasteiger partial charge on any atom is 0.297 e. The van der Waals surface area contributed by atoms with Crippen LogP contribution in [0.2, 0.25) is 0 Å². The fourth-order valence-electron chi connectivity index (χ4n) is 2.55. The Bertz CT molecular complexity index is 980. The quantitative estimate of drug-likeness (QED) is 0.588. The molecule has 0 radical (unpaired) electrons. The van der Waals surface area contributed by atoms with E-state index in [0.717, 1.165) is 20.6 Å². The molecule has 26 heavy (non-hydrogen) atoms. The third kappa shape index (κ3) is 3.47. The van der Waals surface area contributed by atoms with Crippen LogP contribution in [0, 0.1) is 0 Å². The zero-order valence-corrected chi connectivity index (χ0v) is 16.0. The first-order valence-corrected chi connectivity index (χ1v) is 9.64. The second-order valence-electron chi connectivity index (χ2n) is 5.61. The molecule has 0 bridgehead atoms. The minimum atomic E-state index is -0.180. The minimum Gasteiger partial charge on any atom is -0.290 e. The number of nitrogens with one attached hydrogen (secondary N) is 1. The van der Waals surface area contributed by atoms with Crippen LogP contribution in [0.1, 0.15) is 10.4 Å². The minimum absolute atomic E-state index is 0.180. The summed E-state index contributed by atoms with van der Waals surface area (Å²) in [6.07, 6.45) is 1.80. The molecule has 0 atom stereocenters. The summed E-state index contributed by atoms with van der Waals surface area (Å²) in [6.45, 7) is 0. The number of nitrogens with zero attached hydrogens (tertiary/aromatic N) is 2. The van der Waals surface area contributed by atoms with E-state index >= 15 is 0 Å². The number of aliphatic imine (C=N–C) groups is 1. The van der Waals surface area contributed by atoms with Crippen molar-refractivity contribution in [2.75, 3.05) is 5.43 Å². The first-order valence-electron chi connectivity index (χ1n) is 7.97. The molecule has 128 valence electrons. The number of hydrazine groups is 1. The van der Waals surface area contributed by atoms with E-state index < -0.39 is 0 Å². The van der Waals surface area contributed by atoms with Crippen LogP contribution in [0.15, 0.2) is 87.3 Å². The first-order chi connectivity index (χ1) is 12.7. The zero-order chi connectivity index (χ0) is 17.9. The van der Waals surface area contributed by atoms with Crippen LogP contribution in [-0.2, 0) is 4.79 Å². The summed E-state index contributed by atoms with van der Waals surface area (Å²) < 4.78 is 0.993. The van der Waals surface area contributed by atoms with E-state index in [2.05, 4.69) is 26.3 Å². The third-order valence-electron chi connectivity index (χ3n) is 3.79. The summed E-state index contributed by atoms with van der Waals surface area (Å²) in [5.41, 5.74) is 5.32. The summed E-state index contributed by atoms with van der Waals surface area (Å²) in [6, 6.07) is 21.3. The van der Waals surface area contributed by atoms with Gasteiger partial charge in [-0.25, -0.2) is 4.99 Å². The fourth-order valence-corrected chi connectivity index (χ4v) is 3.52. The predicted molar refractivity (Wildman–Crippen MR) is 110 cm³/mol. The molecule has 0 spiro atoms. The number of carbonyl (C=O) groups is 1. The van der Waals surface area contributed by atoms with Gasteiger partial charge in [-0.15, -0.1) is 11.3 Å². The fraction of sp³-hybridized carbons (Fsp3) is 0. The normalized spacial score (nSPS) is 15.4. The van der Waals surface area contributed by atoms with Gasteiger partial charge in [-0.3, -0.25) is 10.2 Å². The summed E-state index contributed by atoms with van der Waals surface area (Å²) >= 11 is 4.97. The third-order valence-corrected chi connectivity index (χ3v) is 5.18. The molecule has 4 rings (SSSR count). The maximum absolute atomic E-state index is 13.0. The molecule has 1 N–H and O–H groups in total. The number of amidine groups is 1. The van der Waals surface area contributed by atoms with Gasteiger partial charge in [0.05, 0.1) is 10.6 Å². The molecule has 1 aliphatic rings. The van der Waals surface area contributed by atoms with Crippen molar-refractivity contribution in [3.05, 3.63) is 92.7 Å². The van der Waals surface area contributed by atoms with Crippen LogP contribution < -0.4 is 5.43 Å². The molecule has 0 fully saturated rings. The maximum atomic E-state index is 13.0. The van der Waals surface area contributed by atoms with Gasteiger partial charge in [-0.1, -0.05) is 52.3 Å². The van der Waals surface area contributed by atoms with E-state index in [1.165, 1.54) is 5.01 Å². The van der Waals surface area contributed by atoms with Gasteiger partial charge in [0.1, 0.15) is 5.70 Å². The van der Waals surface area contributed by atoms with Gasteiger partial charge in [-0.2, -0.15) is 5.01 Å². The first kappa shape index (κ1) is 16.8. The number of halogens is 1. The summed E-state index contributed by atoms with van der Waals surface area (Å²) in [5.74, 6) is 0.428. The molecule has 6 heteroatoms. The molecule has 0 saturated carbocycles. The average Bonchev–Trinajstić information content (AvgIpc) is 3.28. The van der Waals surface area contributed by atoms with E-state index in [4.69, 9.17) is 0 Å². The Morgan fingerprint density at radius 1 is 1.00 bits per heavy atom. The highest BCUT2D eigenvalue weighted by atomic mass is 79.9. The highest BCUT2D eigenvalue weighted by molar-refractivity contribution is 9.10. The van der Waals surface area contributed by atoms with Crippen LogP contribution in [0.5, 0.6) is 0 Å². The molecule has 3 aromatic rings. The highest BCUT2D eigenvalue weighted by Gasteiger charge is 2.32. The predicted octanol–water partition coefficient (Wildman–Crippen LogP) is 5.17. The molecular formula is C20H14BrN3OS. The van der Waals surface area contributed by atoms with E-state index in [-0.39, 0.29) is 5.91 Å². The lowest BCUT2D eigenvalue weighted by atomic mass is 10.2. The Morgan fingerprint density at radius 2 is 1.77 bits per heavy atom. The Morgan fingerprint density at radius 3 is 2.46 bits per heavy atom. The Balaban J connectivity index is 1.71. The van der Waals surface area contributed by atoms with E-state index in [9.17, 15) is 4.79 Å². The molecule has 4 nitrogen and oxygen atoms in total. The molecule has 1 aromatic heterocycles. The molecule has 0 unspecified atom stereocenters. The summed E-state index contributed by atoms with van der Waals surface area (Å²) in [5, 5.41) is 3.48. The Kier molecular flexibility index (Phi) is 4.69. The lowest BCUT2D eigenvalue weighted by Gasteiger charge is -2.19. The summed E-state index contributed by atoms with van der Waals surface area (Å²) in [7, 11) is 0. The topological polar surface area (TPSA) is 44.7 Å². The van der Waals surface area contributed by atoms with E-state index in [1.54, 1.807) is 17.4 Å². The number of carbonyl (C=O) groups excluding carboxylic acids is 1. The van der Waals surface area contributed by atoms with Crippen molar-refractivity contribution in [1.82, 2.24) is 5.01 Å². The van der Waals surface area contributed by atoms with Gasteiger partial charge in [0.25, 0.3) is 5.91 Å². The van der Waals surface area contributed by atoms with Gasteiger partial charge in [-0.05, 0) is 47.4 Å². The standard InChI is InChI=1S/C20H14BrN3OS/c21-15-10-8-14(9-11-15)13-17-20(25)24(23-16-5-2-1-3-6-16)19(22-17)18-7-4-12-26-18/h1-13,23H. The molecule has 2 aromatic carbocycles. The van der Waals surface area contributed by atoms with Crippen molar-refractivity contribution in [2.24, 2.45) is 4.99 Å². The van der Waals surface area contributed by atoms with Crippen LogP contribution in [-0.4, -0.2) is 16.8 Å². The van der Waals surface area contributed by atoms with Crippen molar-refractivity contribution in [2.45, 2.75) is 0 Å². The monoisotopic (exact) mass is 423 g/mol. The van der Waals surface area contributed by atoms with Gasteiger partial charge in [0, 0.05) is 4.47 Å². The number of para-hydroxylation sites is 1. The molecular weight excluding hydrogens is 410 g/mol. The Labute approximate surface area is 163 Å². The second kappa shape index (κ2) is 7.27. The van der Waals surface area contributed by atoms with E-state index in [0.29, 0.717) is 11.5 Å². The van der Waals surface area contributed by atoms with Gasteiger partial charge < -0.3 is 0 Å². The largest absolute Gasteiger partial charge is 0.297 e. The molecule has 0 aliphatic carbocycles. The smallest absolute Gasteiger partial charge is 0.290 e. The number of rotatable bonds is 4. The summed E-state index contributed by atoms with van der Waals surface area (Å²) in [4.78, 5) is 18.5. The van der Waals surface area contributed by atoms with Gasteiger partial charge in [0.2, 0.25) is 0 Å². The van der Waals surface area contributed by atoms with Crippen LogP contribution in [0.4, 0.5) is 5.69 Å². The lowest BCUT2D eigenvalue weighted by Crippen LogP contribution is -2.37. The number of hydrogen-bond donors (Lipinski definition) is 1. The van der Waals surface area contributed by atoms with Crippen LogP contribution in [0.3, 0.4) is 0 Å². The van der Waals surface area contributed by atoms with Gasteiger partial charge in [0.15, 0.2) is 5.84 Å². The molecule has 1 aliphatic heterocycles. The SMILES string of the molecule is O=C1C(=Cc2ccc(Br)cc2)N=C(c2cccs2)N1Nc1ccccc1. The number of thiophene rings is 1. The van der Waals surface area contributed by atoms with Crippen molar-refractivity contribution in [3.63, 3.8) is 0 Å². The Hall–Kier alpha value is -2.70. The number of anilines is 1. The van der Waals surface area contributed by atoms with E-state index in [1.807, 2.05) is 72.1 Å². The van der Waals surface area contributed by atoms with Crippen LogP contribution >= 0.6 is 27.3 Å². The average molecular weight is 424 g/mol. The van der Waals surface area contributed by atoms with Crippen molar-refractivity contribution < 1.29 is 4.79 Å². The number of amides is 1. The van der Waals surface area contributed by atoms with Crippen molar-refractivity contribution >= 4 is 50.8 Å². The molecule has 0 saturated heterocycles. The number of hydrogen-bond acceptors (Lipinski definition) is 4. The highest BCUT2D eigenvalue weighted by Crippen LogP contribution is 2.25.